The second-order valence-electron chi connectivity index (χ2n) is 8.26. The van der Waals surface area contributed by atoms with Crippen molar-refractivity contribution in [1.29, 1.82) is 0 Å². The molecule has 0 aliphatic heterocycles. The Morgan fingerprint density at radius 2 is 1.64 bits per heavy atom. The average molecular weight is 515 g/mol. The third-order valence-corrected chi connectivity index (χ3v) is 5.93. The number of rotatable bonds is 14. The molecule has 0 radical (unpaired) electrons. The number of hydrogen-bond donors (Lipinski definition) is 1. The number of benzene rings is 2. The average Bonchev–Trinajstić information content (AvgIpc) is 2.80. The van der Waals surface area contributed by atoms with E-state index in [0.717, 1.165) is 22.9 Å². The minimum absolute atomic E-state index is 0.109. The smallest absolute Gasteiger partial charge is 0.343 e. The highest BCUT2D eigenvalue weighted by molar-refractivity contribution is 9.10. The Labute approximate surface area is 206 Å². The Hall–Kier alpha value is -2.47. The van der Waals surface area contributed by atoms with E-state index in [-0.39, 0.29) is 5.91 Å². The Bertz CT molecular complexity index is 927. The molecule has 2 aromatic carbocycles. The van der Waals surface area contributed by atoms with Crippen LogP contribution in [0, 0.1) is 6.92 Å². The van der Waals surface area contributed by atoms with Gasteiger partial charge < -0.3 is 4.74 Å². The Kier molecular flexibility index (Phi) is 12.5. The van der Waals surface area contributed by atoms with Gasteiger partial charge >= 0.3 is 5.97 Å². The number of aryl methyl sites for hydroxylation is 1. The van der Waals surface area contributed by atoms with E-state index >= 15 is 0 Å². The number of unbranched alkanes of at least 4 members (excludes halogenated alkanes) is 8. The standard InChI is InChI=1S/C27H35BrN2O3/c1-3-4-5-6-7-8-9-10-11-16-26(31)30-29-20-22-19-23(28)17-18-25(22)33-27(32)24-15-13-12-14-21(24)2/h12-15,17-20H,3-11,16H2,1-2H3,(H,30,31). The van der Waals surface area contributed by atoms with E-state index in [1.165, 1.54) is 51.2 Å². The van der Waals surface area contributed by atoms with Gasteiger partial charge in [-0.25, -0.2) is 10.2 Å². The second-order valence-corrected chi connectivity index (χ2v) is 9.17. The van der Waals surface area contributed by atoms with E-state index in [2.05, 4.69) is 33.4 Å². The number of amides is 1. The molecule has 0 aromatic heterocycles. The van der Waals surface area contributed by atoms with Crippen LogP contribution in [0.2, 0.25) is 0 Å². The molecular weight excluding hydrogens is 480 g/mol. The van der Waals surface area contributed by atoms with Crippen LogP contribution in [0.15, 0.2) is 52.0 Å². The first kappa shape index (κ1) is 26.8. The summed E-state index contributed by atoms with van der Waals surface area (Å²) in [5.41, 5.74) is 4.52. The van der Waals surface area contributed by atoms with Crippen molar-refractivity contribution in [2.45, 2.75) is 78.1 Å². The van der Waals surface area contributed by atoms with Crippen molar-refractivity contribution in [3.8, 4) is 5.75 Å². The van der Waals surface area contributed by atoms with Crippen molar-refractivity contribution in [3.05, 3.63) is 63.6 Å². The van der Waals surface area contributed by atoms with Crippen LogP contribution in [0.4, 0.5) is 0 Å². The molecule has 0 heterocycles. The number of carbonyl (C=O) groups excluding carboxylic acids is 2. The van der Waals surface area contributed by atoms with Crippen LogP contribution in [0.1, 0.15) is 92.6 Å². The molecule has 1 amide bonds. The van der Waals surface area contributed by atoms with Gasteiger partial charge in [0.15, 0.2) is 0 Å². The lowest BCUT2D eigenvalue weighted by atomic mass is 10.1. The number of hydrogen-bond acceptors (Lipinski definition) is 4. The molecule has 178 valence electrons. The molecule has 0 fully saturated rings. The lowest BCUT2D eigenvalue weighted by Gasteiger charge is -2.09. The zero-order valence-electron chi connectivity index (χ0n) is 19.7. The molecule has 0 atom stereocenters. The molecule has 33 heavy (non-hydrogen) atoms. The van der Waals surface area contributed by atoms with Gasteiger partial charge in [-0.3, -0.25) is 4.79 Å². The summed E-state index contributed by atoms with van der Waals surface area (Å²) in [6.45, 7) is 4.10. The van der Waals surface area contributed by atoms with E-state index in [9.17, 15) is 9.59 Å². The molecule has 6 heteroatoms. The summed E-state index contributed by atoms with van der Waals surface area (Å²) < 4.78 is 6.41. The number of nitrogens with zero attached hydrogens (tertiary/aromatic N) is 1. The lowest BCUT2D eigenvalue weighted by molar-refractivity contribution is -0.121. The molecule has 0 spiro atoms. The molecular formula is C27H35BrN2O3. The summed E-state index contributed by atoms with van der Waals surface area (Å²) >= 11 is 3.42. The minimum atomic E-state index is -0.431. The van der Waals surface area contributed by atoms with Gasteiger partial charge in [-0.2, -0.15) is 5.10 Å². The van der Waals surface area contributed by atoms with Crippen molar-refractivity contribution in [2.75, 3.05) is 0 Å². The van der Waals surface area contributed by atoms with Crippen LogP contribution in [0.3, 0.4) is 0 Å². The highest BCUT2D eigenvalue weighted by atomic mass is 79.9. The van der Waals surface area contributed by atoms with Crippen molar-refractivity contribution >= 4 is 34.0 Å². The summed E-state index contributed by atoms with van der Waals surface area (Å²) in [4.78, 5) is 24.6. The molecule has 0 aliphatic carbocycles. The topological polar surface area (TPSA) is 67.8 Å². The summed E-state index contributed by atoms with van der Waals surface area (Å²) in [6, 6.07) is 12.6. The van der Waals surface area contributed by atoms with Gasteiger partial charge in [0.05, 0.1) is 11.8 Å². The number of halogens is 1. The zero-order valence-corrected chi connectivity index (χ0v) is 21.3. The molecule has 5 nitrogen and oxygen atoms in total. The van der Waals surface area contributed by atoms with Crippen LogP contribution in [-0.2, 0) is 4.79 Å². The van der Waals surface area contributed by atoms with Crippen molar-refractivity contribution < 1.29 is 14.3 Å². The molecule has 0 aliphatic rings. The van der Waals surface area contributed by atoms with E-state index in [1.807, 2.05) is 19.1 Å². The molecule has 1 N–H and O–H groups in total. The third-order valence-electron chi connectivity index (χ3n) is 5.44. The summed E-state index contributed by atoms with van der Waals surface area (Å²) in [5.74, 6) is -0.162. The van der Waals surface area contributed by atoms with Gasteiger partial charge in [0.25, 0.3) is 0 Å². The summed E-state index contributed by atoms with van der Waals surface area (Å²) in [7, 11) is 0. The van der Waals surface area contributed by atoms with E-state index in [4.69, 9.17) is 4.74 Å². The SMILES string of the molecule is CCCCCCCCCCCC(=O)NN=Cc1cc(Br)ccc1OC(=O)c1ccccc1C. The molecule has 0 saturated carbocycles. The van der Waals surface area contributed by atoms with Gasteiger partial charge in [-0.1, -0.05) is 92.4 Å². The molecule has 2 rings (SSSR count). The number of hydrazone groups is 1. The van der Waals surface area contributed by atoms with Crippen LogP contribution < -0.4 is 10.2 Å². The first-order chi connectivity index (χ1) is 16.0. The van der Waals surface area contributed by atoms with Crippen molar-refractivity contribution in [3.63, 3.8) is 0 Å². The van der Waals surface area contributed by atoms with Crippen LogP contribution in [0.5, 0.6) is 5.75 Å². The normalized spacial score (nSPS) is 11.0. The maximum absolute atomic E-state index is 12.6. The van der Waals surface area contributed by atoms with Gasteiger partial charge in [0.1, 0.15) is 5.75 Å². The van der Waals surface area contributed by atoms with E-state index < -0.39 is 5.97 Å². The van der Waals surface area contributed by atoms with Crippen LogP contribution >= 0.6 is 15.9 Å². The third kappa shape index (κ3) is 10.3. The summed E-state index contributed by atoms with van der Waals surface area (Å²) in [6.07, 6.45) is 12.9. The van der Waals surface area contributed by atoms with Crippen molar-refractivity contribution in [1.82, 2.24) is 5.43 Å². The van der Waals surface area contributed by atoms with Gasteiger partial charge in [-0.15, -0.1) is 0 Å². The monoisotopic (exact) mass is 514 g/mol. The quantitative estimate of drug-likeness (QED) is 0.0941. The Balaban J connectivity index is 1.78. The van der Waals surface area contributed by atoms with Gasteiger partial charge in [-0.05, 0) is 43.2 Å². The van der Waals surface area contributed by atoms with Gasteiger partial charge in [0.2, 0.25) is 5.91 Å². The fraction of sp³-hybridized carbons (Fsp3) is 0.444. The highest BCUT2D eigenvalue weighted by Crippen LogP contribution is 2.23. The largest absolute Gasteiger partial charge is 0.422 e. The first-order valence-corrected chi connectivity index (χ1v) is 12.7. The van der Waals surface area contributed by atoms with E-state index in [1.54, 1.807) is 30.3 Å². The second kappa shape index (κ2) is 15.4. The zero-order chi connectivity index (χ0) is 23.9. The maximum atomic E-state index is 12.6. The number of esters is 1. The lowest BCUT2D eigenvalue weighted by Crippen LogP contribution is -2.17. The Morgan fingerprint density at radius 1 is 0.970 bits per heavy atom. The molecule has 0 unspecified atom stereocenters. The number of ether oxygens (including phenoxy) is 1. The number of nitrogens with one attached hydrogen (secondary N) is 1. The summed E-state index contributed by atoms with van der Waals surface area (Å²) in [5, 5.41) is 4.06. The predicted molar refractivity (Wildman–Crippen MR) is 138 cm³/mol. The highest BCUT2D eigenvalue weighted by Gasteiger charge is 2.13. The fourth-order valence-electron chi connectivity index (χ4n) is 3.50. The van der Waals surface area contributed by atoms with Crippen molar-refractivity contribution in [2.24, 2.45) is 5.10 Å². The van der Waals surface area contributed by atoms with Crippen LogP contribution in [-0.4, -0.2) is 18.1 Å². The van der Waals surface area contributed by atoms with E-state index in [0.29, 0.717) is 23.3 Å². The minimum Gasteiger partial charge on any atom is -0.422 e. The van der Waals surface area contributed by atoms with Gasteiger partial charge in [0, 0.05) is 16.5 Å². The molecule has 2 aromatic rings. The molecule has 0 saturated heterocycles. The Morgan fingerprint density at radius 3 is 2.33 bits per heavy atom. The fourth-order valence-corrected chi connectivity index (χ4v) is 3.87. The maximum Gasteiger partial charge on any atom is 0.343 e. The predicted octanol–water partition coefficient (Wildman–Crippen LogP) is 7.35. The number of carbonyl (C=O) groups is 2. The van der Waals surface area contributed by atoms with Crippen LogP contribution in [0.25, 0.3) is 0 Å². The first-order valence-electron chi connectivity index (χ1n) is 11.9. The molecule has 0 bridgehead atoms.